The SMILES string of the molecule is Cc1cccc(OCc2ncsc2C(=O)O)c1C. The maximum Gasteiger partial charge on any atom is 0.347 e. The van der Waals surface area contributed by atoms with Crippen LogP contribution >= 0.6 is 11.3 Å². The molecule has 1 heterocycles. The van der Waals surface area contributed by atoms with Crippen LogP contribution in [0.5, 0.6) is 5.75 Å². The Labute approximate surface area is 109 Å². The lowest BCUT2D eigenvalue weighted by atomic mass is 10.1. The first-order valence-electron chi connectivity index (χ1n) is 5.44. The molecule has 94 valence electrons. The van der Waals surface area contributed by atoms with Gasteiger partial charge in [0.25, 0.3) is 0 Å². The Balaban J connectivity index is 2.14. The van der Waals surface area contributed by atoms with Crippen LogP contribution in [0.1, 0.15) is 26.5 Å². The summed E-state index contributed by atoms with van der Waals surface area (Å²) in [5.41, 5.74) is 4.19. The van der Waals surface area contributed by atoms with E-state index in [-0.39, 0.29) is 11.5 Å². The number of aromatic carboxylic acids is 1. The number of thiazole rings is 1. The van der Waals surface area contributed by atoms with Crippen LogP contribution in [0.15, 0.2) is 23.7 Å². The molecule has 0 amide bonds. The van der Waals surface area contributed by atoms with E-state index in [1.165, 1.54) is 5.51 Å². The summed E-state index contributed by atoms with van der Waals surface area (Å²) in [6.45, 7) is 4.16. The summed E-state index contributed by atoms with van der Waals surface area (Å²) in [7, 11) is 0. The van der Waals surface area contributed by atoms with Crippen molar-refractivity contribution in [2.45, 2.75) is 20.5 Å². The Kier molecular flexibility index (Phi) is 3.62. The first-order chi connectivity index (χ1) is 8.59. The van der Waals surface area contributed by atoms with Crippen LogP contribution in [-0.4, -0.2) is 16.1 Å². The van der Waals surface area contributed by atoms with Crippen LogP contribution in [0.25, 0.3) is 0 Å². The molecule has 0 spiro atoms. The van der Waals surface area contributed by atoms with Crippen molar-refractivity contribution < 1.29 is 14.6 Å². The molecule has 2 rings (SSSR count). The highest BCUT2D eigenvalue weighted by molar-refractivity contribution is 7.11. The molecule has 0 fully saturated rings. The van der Waals surface area contributed by atoms with Crippen molar-refractivity contribution in [3.05, 3.63) is 45.4 Å². The van der Waals surface area contributed by atoms with Crippen LogP contribution in [0, 0.1) is 13.8 Å². The molecule has 5 heteroatoms. The molecule has 4 nitrogen and oxygen atoms in total. The molecule has 0 radical (unpaired) electrons. The average Bonchev–Trinajstić information content (AvgIpc) is 2.79. The number of ether oxygens (including phenoxy) is 1. The van der Waals surface area contributed by atoms with E-state index in [0.29, 0.717) is 5.69 Å². The molecule has 1 aromatic carbocycles. The Bertz CT molecular complexity index is 577. The third kappa shape index (κ3) is 2.51. The number of nitrogens with zero attached hydrogens (tertiary/aromatic N) is 1. The van der Waals surface area contributed by atoms with Crippen molar-refractivity contribution in [1.29, 1.82) is 0 Å². The molecule has 0 aliphatic rings. The fraction of sp³-hybridized carbons (Fsp3) is 0.231. The van der Waals surface area contributed by atoms with Gasteiger partial charge in [0.05, 0.1) is 5.51 Å². The van der Waals surface area contributed by atoms with Gasteiger partial charge in [-0.15, -0.1) is 11.3 Å². The zero-order valence-corrected chi connectivity index (χ0v) is 11.0. The highest BCUT2D eigenvalue weighted by Crippen LogP contribution is 2.22. The summed E-state index contributed by atoms with van der Waals surface area (Å²) >= 11 is 1.11. The van der Waals surface area contributed by atoms with E-state index < -0.39 is 5.97 Å². The number of carbonyl (C=O) groups is 1. The maximum atomic E-state index is 10.9. The maximum absolute atomic E-state index is 10.9. The second-order valence-electron chi connectivity index (χ2n) is 3.92. The Morgan fingerprint density at radius 2 is 2.22 bits per heavy atom. The summed E-state index contributed by atoms with van der Waals surface area (Å²) < 4.78 is 5.63. The minimum atomic E-state index is -0.961. The quantitative estimate of drug-likeness (QED) is 0.921. The fourth-order valence-electron chi connectivity index (χ4n) is 1.57. The van der Waals surface area contributed by atoms with Gasteiger partial charge in [-0.1, -0.05) is 12.1 Å². The highest BCUT2D eigenvalue weighted by atomic mass is 32.1. The second kappa shape index (κ2) is 5.18. The van der Waals surface area contributed by atoms with Gasteiger partial charge >= 0.3 is 5.97 Å². The predicted octanol–water partition coefficient (Wildman–Crippen LogP) is 3.04. The number of benzene rings is 1. The van der Waals surface area contributed by atoms with Crippen LogP contribution in [0.4, 0.5) is 0 Å². The predicted molar refractivity (Wildman–Crippen MR) is 69.3 cm³/mol. The van der Waals surface area contributed by atoms with Gasteiger partial charge in [0, 0.05) is 0 Å². The molecule has 0 saturated carbocycles. The second-order valence-corrected chi connectivity index (χ2v) is 4.77. The third-order valence-electron chi connectivity index (χ3n) is 2.75. The van der Waals surface area contributed by atoms with Crippen molar-refractivity contribution in [2.24, 2.45) is 0 Å². The van der Waals surface area contributed by atoms with Crippen LogP contribution < -0.4 is 4.74 Å². The normalized spacial score (nSPS) is 10.3. The average molecular weight is 263 g/mol. The zero-order valence-electron chi connectivity index (χ0n) is 10.1. The summed E-state index contributed by atoms with van der Waals surface area (Å²) in [6, 6.07) is 5.79. The fourth-order valence-corrected chi connectivity index (χ4v) is 2.21. The number of hydrogen-bond donors (Lipinski definition) is 1. The molecule has 0 unspecified atom stereocenters. The first-order valence-corrected chi connectivity index (χ1v) is 6.32. The Morgan fingerprint density at radius 3 is 2.94 bits per heavy atom. The van der Waals surface area contributed by atoms with Crippen molar-refractivity contribution in [2.75, 3.05) is 0 Å². The van der Waals surface area contributed by atoms with E-state index in [1.807, 2.05) is 32.0 Å². The highest BCUT2D eigenvalue weighted by Gasteiger charge is 2.14. The summed E-state index contributed by atoms with van der Waals surface area (Å²) in [6.07, 6.45) is 0. The molecule has 0 aliphatic carbocycles. The van der Waals surface area contributed by atoms with Gasteiger partial charge in [-0.3, -0.25) is 0 Å². The Morgan fingerprint density at radius 1 is 1.44 bits per heavy atom. The van der Waals surface area contributed by atoms with Crippen molar-refractivity contribution in [3.63, 3.8) is 0 Å². The molecule has 0 bridgehead atoms. The molecule has 0 saturated heterocycles. The molecule has 18 heavy (non-hydrogen) atoms. The number of carboxylic acid groups (broad SMARTS) is 1. The van der Waals surface area contributed by atoms with E-state index >= 15 is 0 Å². The third-order valence-corrected chi connectivity index (χ3v) is 3.61. The van der Waals surface area contributed by atoms with Crippen LogP contribution in [0.2, 0.25) is 0 Å². The zero-order chi connectivity index (χ0) is 13.1. The molecular weight excluding hydrogens is 250 g/mol. The summed E-state index contributed by atoms with van der Waals surface area (Å²) in [5, 5.41) is 8.97. The molecule has 1 N–H and O–H groups in total. The summed E-state index contributed by atoms with van der Waals surface area (Å²) in [5.74, 6) is -0.198. The van der Waals surface area contributed by atoms with E-state index in [4.69, 9.17) is 9.84 Å². The van der Waals surface area contributed by atoms with E-state index in [2.05, 4.69) is 4.98 Å². The molecule has 0 aliphatic heterocycles. The topological polar surface area (TPSA) is 59.4 Å². The van der Waals surface area contributed by atoms with Gasteiger partial charge in [-0.25, -0.2) is 9.78 Å². The number of hydrogen-bond acceptors (Lipinski definition) is 4. The lowest BCUT2D eigenvalue weighted by Gasteiger charge is -2.09. The van der Waals surface area contributed by atoms with E-state index in [9.17, 15) is 4.79 Å². The van der Waals surface area contributed by atoms with Gasteiger partial charge in [-0.05, 0) is 31.0 Å². The van der Waals surface area contributed by atoms with Crippen molar-refractivity contribution >= 4 is 17.3 Å². The molecule has 0 atom stereocenters. The lowest BCUT2D eigenvalue weighted by molar-refractivity contribution is 0.0699. The van der Waals surface area contributed by atoms with Gasteiger partial charge in [0.2, 0.25) is 0 Å². The minimum absolute atomic E-state index is 0.176. The largest absolute Gasteiger partial charge is 0.487 e. The van der Waals surface area contributed by atoms with Crippen molar-refractivity contribution in [3.8, 4) is 5.75 Å². The van der Waals surface area contributed by atoms with Crippen molar-refractivity contribution in [1.82, 2.24) is 4.98 Å². The molecule has 2 aromatic rings. The van der Waals surface area contributed by atoms with Crippen LogP contribution in [0.3, 0.4) is 0 Å². The minimum Gasteiger partial charge on any atom is -0.487 e. The van der Waals surface area contributed by atoms with E-state index in [1.54, 1.807) is 0 Å². The number of rotatable bonds is 4. The number of carboxylic acids is 1. The first kappa shape index (κ1) is 12.6. The number of aromatic nitrogens is 1. The Hall–Kier alpha value is -1.88. The standard InChI is InChI=1S/C13H13NO3S/c1-8-4-3-5-11(9(8)2)17-6-10-12(13(15)16)18-7-14-10/h3-5,7H,6H2,1-2H3,(H,15,16). The van der Waals surface area contributed by atoms with Gasteiger partial charge in [-0.2, -0.15) is 0 Å². The smallest absolute Gasteiger partial charge is 0.347 e. The monoisotopic (exact) mass is 263 g/mol. The van der Waals surface area contributed by atoms with Gasteiger partial charge < -0.3 is 9.84 Å². The van der Waals surface area contributed by atoms with E-state index in [0.717, 1.165) is 28.2 Å². The molecule has 1 aromatic heterocycles. The molecular formula is C13H13NO3S. The van der Waals surface area contributed by atoms with Gasteiger partial charge in [0.15, 0.2) is 0 Å². The lowest BCUT2D eigenvalue weighted by Crippen LogP contribution is -2.04. The summed E-state index contributed by atoms with van der Waals surface area (Å²) in [4.78, 5) is 15.2. The number of aryl methyl sites for hydroxylation is 1. The van der Waals surface area contributed by atoms with Gasteiger partial charge in [0.1, 0.15) is 22.9 Å². The van der Waals surface area contributed by atoms with Crippen LogP contribution in [-0.2, 0) is 6.61 Å².